The van der Waals surface area contributed by atoms with Crippen molar-refractivity contribution < 1.29 is 22.4 Å². The van der Waals surface area contributed by atoms with Crippen LogP contribution in [-0.2, 0) is 16.6 Å². The highest BCUT2D eigenvalue weighted by Gasteiger charge is 2.20. The van der Waals surface area contributed by atoms with Crippen LogP contribution >= 0.6 is 0 Å². The molecule has 1 aromatic heterocycles. The van der Waals surface area contributed by atoms with E-state index < -0.39 is 10.0 Å². The highest BCUT2D eigenvalue weighted by atomic mass is 32.2. The highest BCUT2D eigenvalue weighted by molar-refractivity contribution is 7.89. The van der Waals surface area contributed by atoms with E-state index in [2.05, 4.69) is 9.88 Å². The van der Waals surface area contributed by atoms with Crippen molar-refractivity contribution in [3.05, 3.63) is 59.8 Å². The van der Waals surface area contributed by atoms with Crippen molar-refractivity contribution in [2.45, 2.75) is 18.4 Å². The Morgan fingerprint density at radius 1 is 1.04 bits per heavy atom. The van der Waals surface area contributed by atoms with Gasteiger partial charge in [-0.3, -0.25) is 0 Å². The Balaban J connectivity index is 1.82. The summed E-state index contributed by atoms with van der Waals surface area (Å²) in [6, 6.07) is 13.7. The van der Waals surface area contributed by atoms with Gasteiger partial charge in [0.2, 0.25) is 10.0 Å². The third-order valence-electron chi connectivity index (χ3n) is 3.99. The maximum atomic E-state index is 12.7. The predicted molar refractivity (Wildman–Crippen MR) is 100 cm³/mol. The molecular formula is C19H20N2O5S. The van der Waals surface area contributed by atoms with Crippen LogP contribution in [0.25, 0.3) is 11.3 Å². The minimum atomic E-state index is -3.76. The Morgan fingerprint density at radius 2 is 1.78 bits per heavy atom. The van der Waals surface area contributed by atoms with Gasteiger partial charge in [-0.2, -0.15) is 0 Å². The zero-order valence-corrected chi connectivity index (χ0v) is 16.0. The maximum Gasteiger partial charge on any atom is 0.244 e. The molecule has 0 unspecified atom stereocenters. The summed E-state index contributed by atoms with van der Waals surface area (Å²) in [6.07, 6.45) is 0. The van der Waals surface area contributed by atoms with Gasteiger partial charge in [0.1, 0.15) is 16.4 Å². The molecule has 0 radical (unpaired) electrons. The standard InChI is InChI=1S/C19H20N2O5S/c1-13-10-17(26-21-13)15-6-9-19(18(11-15)25-3)27(22,23)20-12-14-4-7-16(24-2)8-5-14/h4-11,20H,12H2,1-3H3. The molecule has 0 bridgehead atoms. The molecule has 27 heavy (non-hydrogen) atoms. The molecule has 3 aromatic rings. The first-order valence-electron chi connectivity index (χ1n) is 8.17. The lowest BCUT2D eigenvalue weighted by Crippen LogP contribution is -2.23. The summed E-state index contributed by atoms with van der Waals surface area (Å²) in [6.45, 7) is 1.96. The monoisotopic (exact) mass is 388 g/mol. The van der Waals surface area contributed by atoms with E-state index >= 15 is 0 Å². The number of ether oxygens (including phenoxy) is 2. The Kier molecular flexibility index (Phi) is 5.48. The fourth-order valence-electron chi connectivity index (χ4n) is 2.54. The Labute approximate surface area is 158 Å². The molecule has 142 valence electrons. The van der Waals surface area contributed by atoms with Crippen molar-refractivity contribution >= 4 is 10.0 Å². The van der Waals surface area contributed by atoms with Crippen molar-refractivity contribution in [2.24, 2.45) is 0 Å². The van der Waals surface area contributed by atoms with E-state index in [1.807, 2.05) is 6.92 Å². The SMILES string of the molecule is COc1ccc(CNS(=O)(=O)c2ccc(-c3cc(C)no3)cc2OC)cc1. The van der Waals surface area contributed by atoms with Gasteiger partial charge in [0.05, 0.1) is 19.9 Å². The maximum absolute atomic E-state index is 12.7. The summed E-state index contributed by atoms with van der Waals surface area (Å²) in [5.74, 6) is 1.48. The molecular weight excluding hydrogens is 368 g/mol. The second-order valence-electron chi connectivity index (χ2n) is 5.87. The summed E-state index contributed by atoms with van der Waals surface area (Å²) in [5, 5.41) is 3.84. The summed E-state index contributed by atoms with van der Waals surface area (Å²) in [7, 11) is -0.762. The fourth-order valence-corrected chi connectivity index (χ4v) is 3.71. The second kappa shape index (κ2) is 7.81. The average molecular weight is 388 g/mol. The molecule has 3 rings (SSSR count). The third kappa shape index (κ3) is 4.29. The van der Waals surface area contributed by atoms with E-state index in [1.54, 1.807) is 49.6 Å². The molecule has 0 spiro atoms. The summed E-state index contributed by atoms with van der Waals surface area (Å²) >= 11 is 0. The van der Waals surface area contributed by atoms with Crippen molar-refractivity contribution in [3.63, 3.8) is 0 Å². The molecule has 0 amide bonds. The van der Waals surface area contributed by atoms with Crippen LogP contribution in [0.4, 0.5) is 0 Å². The lowest BCUT2D eigenvalue weighted by molar-refractivity contribution is 0.401. The Bertz CT molecular complexity index is 1030. The van der Waals surface area contributed by atoms with E-state index in [0.717, 1.165) is 11.3 Å². The van der Waals surface area contributed by atoms with Gasteiger partial charge < -0.3 is 14.0 Å². The van der Waals surface area contributed by atoms with Crippen molar-refractivity contribution in [1.29, 1.82) is 0 Å². The molecule has 0 fully saturated rings. The van der Waals surface area contributed by atoms with Crippen LogP contribution < -0.4 is 14.2 Å². The Hall–Kier alpha value is -2.84. The van der Waals surface area contributed by atoms with Gasteiger partial charge in [-0.05, 0) is 42.8 Å². The number of benzene rings is 2. The molecule has 0 atom stereocenters. The number of nitrogens with zero attached hydrogens (tertiary/aromatic N) is 1. The number of hydrogen-bond acceptors (Lipinski definition) is 6. The van der Waals surface area contributed by atoms with E-state index in [-0.39, 0.29) is 17.2 Å². The molecule has 1 N–H and O–H groups in total. The molecule has 2 aromatic carbocycles. The summed E-state index contributed by atoms with van der Waals surface area (Å²) in [5.41, 5.74) is 2.23. The predicted octanol–water partition coefficient (Wildman–Crippen LogP) is 3.15. The quantitative estimate of drug-likeness (QED) is 0.669. The summed E-state index contributed by atoms with van der Waals surface area (Å²) in [4.78, 5) is 0.0542. The number of hydrogen-bond donors (Lipinski definition) is 1. The number of sulfonamides is 1. The van der Waals surface area contributed by atoms with Crippen LogP contribution in [0.2, 0.25) is 0 Å². The fraction of sp³-hybridized carbons (Fsp3) is 0.211. The molecule has 0 aliphatic heterocycles. The lowest BCUT2D eigenvalue weighted by Gasteiger charge is -2.12. The topological polar surface area (TPSA) is 90.7 Å². The number of aryl methyl sites for hydroxylation is 1. The molecule has 0 aliphatic rings. The van der Waals surface area contributed by atoms with Crippen LogP contribution in [0, 0.1) is 6.92 Å². The smallest absolute Gasteiger partial charge is 0.244 e. The minimum absolute atomic E-state index is 0.0542. The van der Waals surface area contributed by atoms with Crippen molar-refractivity contribution in [2.75, 3.05) is 14.2 Å². The van der Waals surface area contributed by atoms with Gasteiger partial charge in [0, 0.05) is 18.2 Å². The third-order valence-corrected chi connectivity index (χ3v) is 5.43. The molecule has 8 heteroatoms. The van der Waals surface area contributed by atoms with Crippen molar-refractivity contribution in [3.8, 4) is 22.8 Å². The van der Waals surface area contributed by atoms with E-state index in [1.165, 1.54) is 13.2 Å². The zero-order valence-electron chi connectivity index (χ0n) is 15.2. The first-order chi connectivity index (χ1) is 12.9. The highest BCUT2D eigenvalue weighted by Crippen LogP contribution is 2.30. The average Bonchev–Trinajstić information content (AvgIpc) is 3.12. The first kappa shape index (κ1) is 18.9. The van der Waals surface area contributed by atoms with Gasteiger partial charge in [0.15, 0.2) is 5.76 Å². The molecule has 0 saturated carbocycles. The van der Waals surface area contributed by atoms with Gasteiger partial charge in [-0.1, -0.05) is 17.3 Å². The van der Waals surface area contributed by atoms with Gasteiger partial charge in [-0.15, -0.1) is 0 Å². The first-order valence-corrected chi connectivity index (χ1v) is 9.65. The molecule has 0 aliphatic carbocycles. The number of nitrogens with one attached hydrogen (secondary N) is 1. The van der Waals surface area contributed by atoms with Crippen LogP contribution in [0.1, 0.15) is 11.3 Å². The summed E-state index contributed by atoms with van der Waals surface area (Å²) < 4.78 is 43.6. The number of methoxy groups -OCH3 is 2. The number of aromatic nitrogens is 1. The lowest BCUT2D eigenvalue weighted by atomic mass is 10.1. The normalized spacial score (nSPS) is 11.4. The van der Waals surface area contributed by atoms with Gasteiger partial charge in [0.25, 0.3) is 0 Å². The van der Waals surface area contributed by atoms with Crippen LogP contribution in [0.3, 0.4) is 0 Å². The van der Waals surface area contributed by atoms with Gasteiger partial charge in [-0.25, -0.2) is 13.1 Å². The Morgan fingerprint density at radius 3 is 2.37 bits per heavy atom. The van der Waals surface area contributed by atoms with Crippen LogP contribution in [-0.4, -0.2) is 27.8 Å². The van der Waals surface area contributed by atoms with Crippen molar-refractivity contribution in [1.82, 2.24) is 9.88 Å². The van der Waals surface area contributed by atoms with E-state index in [0.29, 0.717) is 17.1 Å². The minimum Gasteiger partial charge on any atom is -0.497 e. The molecule has 1 heterocycles. The zero-order chi connectivity index (χ0) is 19.4. The van der Waals surface area contributed by atoms with Crippen LogP contribution in [0.15, 0.2) is 57.9 Å². The van der Waals surface area contributed by atoms with E-state index in [4.69, 9.17) is 14.0 Å². The van der Waals surface area contributed by atoms with Gasteiger partial charge >= 0.3 is 0 Å². The second-order valence-corrected chi connectivity index (χ2v) is 7.61. The largest absolute Gasteiger partial charge is 0.497 e. The van der Waals surface area contributed by atoms with E-state index in [9.17, 15) is 8.42 Å². The molecule has 0 saturated heterocycles. The molecule has 7 nitrogen and oxygen atoms in total. The number of rotatable bonds is 7. The van der Waals surface area contributed by atoms with Crippen LogP contribution in [0.5, 0.6) is 11.5 Å².